The van der Waals surface area contributed by atoms with Crippen molar-refractivity contribution in [1.82, 2.24) is 5.32 Å². The molecule has 0 amide bonds. The lowest BCUT2D eigenvalue weighted by Crippen LogP contribution is -2.27. The summed E-state index contributed by atoms with van der Waals surface area (Å²) in [6, 6.07) is 0.866. The number of nitrogens with one attached hydrogen (secondary N) is 1. The maximum atomic E-state index is 3.64. The maximum Gasteiger partial charge on any atom is 0.00701 e. The molecule has 1 unspecified atom stereocenters. The van der Waals surface area contributed by atoms with Gasteiger partial charge in [-0.15, -0.1) is 0 Å². The summed E-state index contributed by atoms with van der Waals surface area (Å²) in [4.78, 5) is 0. The van der Waals surface area contributed by atoms with E-state index in [-0.39, 0.29) is 0 Å². The summed E-state index contributed by atoms with van der Waals surface area (Å²) in [5.74, 6) is 2.98. The molecule has 1 atom stereocenters. The second kappa shape index (κ2) is 5.34. The Bertz CT molecular complexity index is 174. The lowest BCUT2D eigenvalue weighted by atomic mass is 9.75. The topological polar surface area (TPSA) is 12.0 Å². The summed E-state index contributed by atoms with van der Waals surface area (Å²) in [5, 5.41) is 3.64. The van der Waals surface area contributed by atoms with Gasteiger partial charge in [-0.05, 0) is 56.4 Å². The molecule has 1 heterocycles. The Labute approximate surface area is 95.0 Å². The molecule has 1 N–H and O–H groups in total. The molecule has 0 radical (unpaired) electrons. The summed E-state index contributed by atoms with van der Waals surface area (Å²) in [7, 11) is 0. The second-order valence-electron chi connectivity index (χ2n) is 6.05. The Morgan fingerprint density at radius 1 is 1.07 bits per heavy atom. The van der Waals surface area contributed by atoms with Gasteiger partial charge in [0, 0.05) is 6.04 Å². The van der Waals surface area contributed by atoms with Gasteiger partial charge in [0.2, 0.25) is 0 Å². The Balaban J connectivity index is 1.68. The fraction of sp³-hybridized carbons (Fsp3) is 1.00. The molecular formula is C14H27N. The van der Waals surface area contributed by atoms with Crippen molar-refractivity contribution < 1.29 is 0 Å². The number of hydrogen-bond acceptors (Lipinski definition) is 1. The molecule has 0 aromatic carbocycles. The molecular weight excluding hydrogens is 182 g/mol. The first-order valence-corrected chi connectivity index (χ1v) is 6.99. The third-order valence-electron chi connectivity index (χ3n) is 4.61. The van der Waals surface area contributed by atoms with Crippen LogP contribution in [0.5, 0.6) is 0 Å². The van der Waals surface area contributed by atoms with Crippen LogP contribution in [-0.4, -0.2) is 12.6 Å². The highest BCUT2D eigenvalue weighted by molar-refractivity contribution is 4.81. The maximum absolute atomic E-state index is 3.64. The third kappa shape index (κ3) is 3.21. The number of hydrogen-bond donors (Lipinski definition) is 1. The van der Waals surface area contributed by atoms with E-state index in [0.29, 0.717) is 0 Å². The van der Waals surface area contributed by atoms with E-state index < -0.39 is 0 Å². The molecule has 1 saturated heterocycles. The molecule has 1 heteroatoms. The monoisotopic (exact) mass is 209 g/mol. The van der Waals surface area contributed by atoms with E-state index in [1.54, 1.807) is 0 Å². The van der Waals surface area contributed by atoms with Crippen LogP contribution in [-0.2, 0) is 0 Å². The lowest BCUT2D eigenvalue weighted by molar-refractivity contribution is 0.207. The van der Waals surface area contributed by atoms with Gasteiger partial charge in [-0.1, -0.05) is 26.7 Å². The highest BCUT2D eigenvalue weighted by atomic mass is 14.9. The summed E-state index contributed by atoms with van der Waals surface area (Å²) in [5.41, 5.74) is 0. The minimum absolute atomic E-state index is 0.866. The van der Waals surface area contributed by atoms with Gasteiger partial charge in [-0.3, -0.25) is 0 Å². The second-order valence-corrected chi connectivity index (χ2v) is 6.05. The fourth-order valence-electron chi connectivity index (χ4n) is 3.45. The molecule has 0 spiro atoms. The van der Waals surface area contributed by atoms with Gasteiger partial charge in [-0.2, -0.15) is 0 Å². The van der Waals surface area contributed by atoms with Crippen molar-refractivity contribution in [3.63, 3.8) is 0 Å². The lowest BCUT2D eigenvalue weighted by Gasteiger charge is -2.32. The first-order valence-electron chi connectivity index (χ1n) is 6.99. The van der Waals surface area contributed by atoms with Crippen LogP contribution < -0.4 is 5.32 Å². The van der Waals surface area contributed by atoms with Gasteiger partial charge in [0.1, 0.15) is 0 Å². The molecule has 0 aromatic heterocycles. The van der Waals surface area contributed by atoms with E-state index in [9.17, 15) is 0 Å². The van der Waals surface area contributed by atoms with Crippen molar-refractivity contribution in [1.29, 1.82) is 0 Å². The van der Waals surface area contributed by atoms with Crippen molar-refractivity contribution >= 4 is 0 Å². The molecule has 1 aliphatic heterocycles. The van der Waals surface area contributed by atoms with Crippen molar-refractivity contribution in [2.24, 2.45) is 17.8 Å². The summed E-state index contributed by atoms with van der Waals surface area (Å²) in [6.45, 7) is 6.05. The van der Waals surface area contributed by atoms with Gasteiger partial charge >= 0.3 is 0 Å². The average Bonchev–Trinajstić information content (AvgIpc) is 2.71. The van der Waals surface area contributed by atoms with Gasteiger partial charge in [0.05, 0.1) is 0 Å². The molecule has 15 heavy (non-hydrogen) atoms. The van der Waals surface area contributed by atoms with E-state index in [0.717, 1.165) is 23.8 Å². The van der Waals surface area contributed by atoms with Gasteiger partial charge < -0.3 is 5.32 Å². The molecule has 1 saturated carbocycles. The van der Waals surface area contributed by atoms with Crippen molar-refractivity contribution in [2.45, 2.75) is 64.8 Å². The van der Waals surface area contributed by atoms with E-state index in [1.807, 2.05) is 0 Å². The molecule has 0 aromatic rings. The quantitative estimate of drug-likeness (QED) is 0.749. The Morgan fingerprint density at radius 2 is 1.80 bits per heavy atom. The van der Waals surface area contributed by atoms with Gasteiger partial charge in [0.25, 0.3) is 0 Å². The zero-order valence-corrected chi connectivity index (χ0v) is 10.5. The number of rotatable bonds is 3. The Hall–Kier alpha value is -0.0400. The zero-order chi connectivity index (χ0) is 10.7. The van der Waals surface area contributed by atoms with Crippen LogP contribution in [0.4, 0.5) is 0 Å². The van der Waals surface area contributed by atoms with Crippen molar-refractivity contribution in [2.75, 3.05) is 6.54 Å². The average molecular weight is 209 g/mol. The highest BCUT2D eigenvalue weighted by Crippen LogP contribution is 2.35. The predicted octanol–water partition coefficient (Wildman–Crippen LogP) is 3.59. The fourth-order valence-corrected chi connectivity index (χ4v) is 3.45. The van der Waals surface area contributed by atoms with Gasteiger partial charge in [-0.25, -0.2) is 0 Å². The van der Waals surface area contributed by atoms with E-state index in [1.165, 1.54) is 51.5 Å². The molecule has 0 bridgehead atoms. The first kappa shape index (κ1) is 11.4. The van der Waals surface area contributed by atoms with E-state index in [2.05, 4.69) is 19.2 Å². The molecule has 2 aliphatic rings. The first-order chi connectivity index (χ1) is 7.25. The minimum Gasteiger partial charge on any atom is -0.314 e. The van der Waals surface area contributed by atoms with Crippen LogP contribution >= 0.6 is 0 Å². The standard InChI is InChI=1S/C14H27N/c1-11(2)13-7-5-12(6-8-13)10-14-4-3-9-15-14/h11-15H,3-10H2,1-2H3. The molecule has 88 valence electrons. The van der Waals surface area contributed by atoms with Crippen LogP contribution in [0.1, 0.15) is 58.8 Å². The zero-order valence-electron chi connectivity index (χ0n) is 10.5. The highest BCUT2D eigenvalue weighted by Gasteiger charge is 2.26. The van der Waals surface area contributed by atoms with Crippen molar-refractivity contribution in [3.05, 3.63) is 0 Å². The van der Waals surface area contributed by atoms with Crippen molar-refractivity contribution in [3.8, 4) is 0 Å². The third-order valence-corrected chi connectivity index (χ3v) is 4.61. The largest absolute Gasteiger partial charge is 0.314 e. The molecule has 1 aliphatic carbocycles. The van der Waals surface area contributed by atoms with Crippen LogP contribution in [0.3, 0.4) is 0 Å². The minimum atomic E-state index is 0.866. The summed E-state index contributed by atoms with van der Waals surface area (Å²) < 4.78 is 0. The van der Waals surface area contributed by atoms with E-state index in [4.69, 9.17) is 0 Å². The molecule has 1 nitrogen and oxygen atoms in total. The smallest absolute Gasteiger partial charge is 0.00701 e. The van der Waals surface area contributed by atoms with Crippen LogP contribution in [0, 0.1) is 17.8 Å². The Morgan fingerprint density at radius 3 is 2.33 bits per heavy atom. The van der Waals surface area contributed by atoms with Gasteiger partial charge in [0.15, 0.2) is 0 Å². The molecule has 2 fully saturated rings. The van der Waals surface area contributed by atoms with E-state index >= 15 is 0 Å². The van der Waals surface area contributed by atoms with Crippen LogP contribution in [0.2, 0.25) is 0 Å². The summed E-state index contributed by atoms with van der Waals surface area (Å²) >= 11 is 0. The summed E-state index contributed by atoms with van der Waals surface area (Å²) in [6.07, 6.45) is 10.3. The normalized spacial score (nSPS) is 37.4. The predicted molar refractivity (Wildman–Crippen MR) is 65.9 cm³/mol. The Kier molecular flexibility index (Phi) is 4.07. The molecule has 2 rings (SSSR count). The van der Waals surface area contributed by atoms with Crippen LogP contribution in [0.25, 0.3) is 0 Å². The SMILES string of the molecule is CC(C)C1CCC(CC2CCCN2)CC1. The van der Waals surface area contributed by atoms with Crippen LogP contribution in [0.15, 0.2) is 0 Å².